The van der Waals surface area contributed by atoms with Gasteiger partial charge in [0.25, 0.3) is 5.91 Å². The number of Topliss-reactive ketones (excluding diaryl/α,β-unsaturated/α-hetero) is 1. The van der Waals surface area contributed by atoms with Crippen LogP contribution in [0.25, 0.3) is 11.0 Å². The number of hydrogen-bond acceptors (Lipinski definition) is 5. The quantitative estimate of drug-likeness (QED) is 0.570. The van der Waals surface area contributed by atoms with Crippen molar-refractivity contribution < 1.29 is 23.8 Å². The number of methoxy groups -OCH3 is 1. The van der Waals surface area contributed by atoms with Crippen LogP contribution in [0.1, 0.15) is 41.9 Å². The molecule has 0 radical (unpaired) electrons. The Labute approximate surface area is 174 Å². The Morgan fingerprint density at radius 3 is 2.57 bits per heavy atom. The number of aliphatic hydroxyl groups excluding tert-OH is 1. The molecule has 1 amide bonds. The van der Waals surface area contributed by atoms with E-state index < -0.39 is 23.5 Å². The minimum absolute atomic E-state index is 0.0420. The van der Waals surface area contributed by atoms with Gasteiger partial charge < -0.3 is 19.2 Å². The van der Waals surface area contributed by atoms with Gasteiger partial charge in [-0.25, -0.2) is 0 Å². The average molecular weight is 405 g/mol. The lowest BCUT2D eigenvalue weighted by molar-refractivity contribution is -0.129. The third-order valence-electron chi connectivity index (χ3n) is 5.38. The predicted octanol–water partition coefficient (Wildman–Crippen LogP) is 4.82. The summed E-state index contributed by atoms with van der Waals surface area (Å²) in [5.41, 5.74) is 1.35. The number of nitrogens with zero attached hydrogens (tertiary/aromatic N) is 1. The van der Waals surface area contributed by atoms with Gasteiger partial charge in [-0.15, -0.1) is 0 Å². The number of hydrogen-bond donors (Lipinski definition) is 1. The van der Waals surface area contributed by atoms with E-state index in [1.807, 2.05) is 25.1 Å². The summed E-state index contributed by atoms with van der Waals surface area (Å²) >= 11 is 0. The van der Waals surface area contributed by atoms with Gasteiger partial charge in [-0.1, -0.05) is 43.7 Å². The number of para-hydroxylation sites is 1. The minimum atomic E-state index is -0.685. The van der Waals surface area contributed by atoms with Crippen LogP contribution in [-0.4, -0.2) is 35.4 Å². The van der Waals surface area contributed by atoms with E-state index in [9.17, 15) is 14.7 Å². The summed E-state index contributed by atoms with van der Waals surface area (Å²) in [7, 11) is 1.57. The molecule has 3 aromatic rings. The van der Waals surface area contributed by atoms with Crippen molar-refractivity contribution in [2.75, 3.05) is 13.7 Å². The number of ketones is 1. The molecule has 6 heteroatoms. The van der Waals surface area contributed by atoms with Gasteiger partial charge >= 0.3 is 0 Å². The first-order chi connectivity index (χ1) is 14.5. The molecular formula is C24H23NO5. The minimum Gasteiger partial charge on any atom is -0.503 e. The summed E-state index contributed by atoms with van der Waals surface area (Å²) in [5.74, 6) is -0.777. The molecule has 0 saturated heterocycles. The van der Waals surface area contributed by atoms with Gasteiger partial charge in [-0.3, -0.25) is 9.59 Å². The number of carbonyl (C=O) groups excluding carboxylic acids is 2. The topological polar surface area (TPSA) is 80.0 Å². The van der Waals surface area contributed by atoms with Crippen LogP contribution in [0.3, 0.4) is 0 Å². The maximum atomic E-state index is 13.4. The molecule has 0 aliphatic carbocycles. The highest BCUT2D eigenvalue weighted by molar-refractivity contribution is 6.16. The maximum absolute atomic E-state index is 13.4. The van der Waals surface area contributed by atoms with Crippen LogP contribution in [-0.2, 0) is 4.79 Å². The Bertz CT molecular complexity index is 1090. The van der Waals surface area contributed by atoms with Crippen LogP contribution >= 0.6 is 0 Å². The number of benzene rings is 2. The Hall–Kier alpha value is -3.54. The largest absolute Gasteiger partial charge is 0.503 e. The number of amides is 1. The molecule has 0 bridgehead atoms. The lowest BCUT2D eigenvalue weighted by atomic mass is 9.95. The molecule has 1 aliphatic heterocycles. The molecule has 30 heavy (non-hydrogen) atoms. The highest BCUT2D eigenvalue weighted by Gasteiger charge is 2.44. The van der Waals surface area contributed by atoms with Crippen LogP contribution in [0.15, 0.2) is 70.3 Å². The highest BCUT2D eigenvalue weighted by Crippen LogP contribution is 2.40. The lowest BCUT2D eigenvalue weighted by Gasteiger charge is -2.26. The summed E-state index contributed by atoms with van der Waals surface area (Å²) in [4.78, 5) is 27.8. The van der Waals surface area contributed by atoms with Crippen molar-refractivity contribution in [2.24, 2.45) is 0 Å². The standard InChI is InChI=1S/C24H23NO5/c1-3-4-13-25-21(15-9-11-17(29-2)12-10-15)20(23(27)24(25)28)22(26)19-14-16-7-5-6-8-18(16)30-19/h5-12,14,21,27H,3-4,13H2,1-2H3. The predicted molar refractivity (Wildman–Crippen MR) is 113 cm³/mol. The van der Waals surface area contributed by atoms with Crippen molar-refractivity contribution in [3.8, 4) is 5.75 Å². The van der Waals surface area contributed by atoms with Gasteiger partial charge in [0.05, 0.1) is 18.7 Å². The first-order valence-corrected chi connectivity index (χ1v) is 9.96. The number of furan rings is 1. The molecule has 0 spiro atoms. The first-order valence-electron chi connectivity index (χ1n) is 9.96. The summed E-state index contributed by atoms with van der Waals surface area (Å²) in [6.07, 6.45) is 1.64. The van der Waals surface area contributed by atoms with E-state index >= 15 is 0 Å². The van der Waals surface area contributed by atoms with Crippen LogP contribution in [0.4, 0.5) is 0 Å². The molecule has 1 unspecified atom stereocenters. The van der Waals surface area contributed by atoms with Crippen LogP contribution in [0.5, 0.6) is 5.75 Å². The van der Waals surface area contributed by atoms with Crippen LogP contribution in [0.2, 0.25) is 0 Å². The molecule has 0 saturated carbocycles. The van der Waals surface area contributed by atoms with Gasteiger partial charge in [0.2, 0.25) is 5.78 Å². The molecule has 0 fully saturated rings. The zero-order valence-corrected chi connectivity index (χ0v) is 16.9. The fourth-order valence-electron chi connectivity index (χ4n) is 3.80. The fraction of sp³-hybridized carbons (Fsp3) is 0.250. The molecule has 2 aromatic carbocycles. The average Bonchev–Trinajstić information content (AvgIpc) is 3.31. The smallest absolute Gasteiger partial charge is 0.290 e. The number of rotatable bonds is 7. The summed E-state index contributed by atoms with van der Waals surface area (Å²) in [6.45, 7) is 2.46. The Morgan fingerprint density at radius 1 is 1.17 bits per heavy atom. The van der Waals surface area contributed by atoms with E-state index in [0.717, 1.165) is 23.8 Å². The molecule has 2 heterocycles. The molecule has 4 rings (SSSR count). The first kappa shape index (κ1) is 19.8. The number of unbranched alkanes of at least 4 members (excludes halogenated alkanes) is 1. The molecular weight excluding hydrogens is 382 g/mol. The summed E-state index contributed by atoms with van der Waals surface area (Å²) in [5, 5.41) is 11.5. The van der Waals surface area contributed by atoms with E-state index in [-0.39, 0.29) is 11.3 Å². The van der Waals surface area contributed by atoms with Crippen molar-refractivity contribution in [2.45, 2.75) is 25.8 Å². The SMILES string of the molecule is CCCCN1C(=O)C(O)=C(C(=O)c2cc3ccccc3o2)C1c1ccc(OC)cc1. The number of ether oxygens (including phenoxy) is 1. The number of carbonyl (C=O) groups is 2. The van der Waals surface area contributed by atoms with Gasteiger partial charge in [0, 0.05) is 11.9 Å². The second kappa shape index (κ2) is 8.06. The molecule has 1 N–H and O–H groups in total. The number of aliphatic hydroxyl groups is 1. The van der Waals surface area contributed by atoms with E-state index in [1.165, 1.54) is 0 Å². The zero-order chi connectivity index (χ0) is 21.3. The molecule has 1 aliphatic rings. The van der Waals surface area contributed by atoms with Gasteiger partial charge in [0.1, 0.15) is 11.3 Å². The third kappa shape index (κ3) is 3.34. The summed E-state index contributed by atoms with van der Waals surface area (Å²) in [6, 6.07) is 15.4. The van der Waals surface area contributed by atoms with Crippen LogP contribution < -0.4 is 4.74 Å². The van der Waals surface area contributed by atoms with Crippen molar-refractivity contribution in [3.63, 3.8) is 0 Å². The molecule has 6 nitrogen and oxygen atoms in total. The highest BCUT2D eigenvalue weighted by atomic mass is 16.5. The van der Waals surface area contributed by atoms with Gasteiger partial charge in [-0.2, -0.15) is 0 Å². The van der Waals surface area contributed by atoms with Gasteiger partial charge in [-0.05, 0) is 36.2 Å². The van der Waals surface area contributed by atoms with E-state index in [2.05, 4.69) is 0 Å². The Morgan fingerprint density at radius 2 is 1.90 bits per heavy atom. The third-order valence-corrected chi connectivity index (χ3v) is 5.38. The second-order valence-corrected chi connectivity index (χ2v) is 7.27. The fourth-order valence-corrected chi connectivity index (χ4v) is 3.80. The van der Waals surface area contributed by atoms with Crippen LogP contribution in [0, 0.1) is 0 Å². The lowest BCUT2D eigenvalue weighted by Crippen LogP contribution is -2.32. The zero-order valence-electron chi connectivity index (χ0n) is 16.9. The van der Waals surface area contributed by atoms with Gasteiger partial charge in [0.15, 0.2) is 11.5 Å². The monoisotopic (exact) mass is 405 g/mol. The Kier molecular flexibility index (Phi) is 5.31. The Balaban J connectivity index is 1.78. The van der Waals surface area contributed by atoms with Crippen molar-refractivity contribution >= 4 is 22.7 Å². The van der Waals surface area contributed by atoms with E-state index in [4.69, 9.17) is 9.15 Å². The summed E-state index contributed by atoms with van der Waals surface area (Å²) < 4.78 is 10.9. The van der Waals surface area contributed by atoms with Crippen molar-refractivity contribution in [1.82, 2.24) is 4.90 Å². The number of fused-ring (bicyclic) bond motifs is 1. The van der Waals surface area contributed by atoms with Crippen molar-refractivity contribution in [3.05, 3.63) is 77.3 Å². The van der Waals surface area contributed by atoms with Crippen molar-refractivity contribution in [1.29, 1.82) is 0 Å². The molecule has 154 valence electrons. The van der Waals surface area contributed by atoms with E-state index in [1.54, 1.807) is 48.4 Å². The molecule has 1 atom stereocenters. The molecule has 1 aromatic heterocycles. The van der Waals surface area contributed by atoms with E-state index in [0.29, 0.717) is 17.9 Å². The second-order valence-electron chi connectivity index (χ2n) is 7.27. The normalized spacial score (nSPS) is 16.5. The maximum Gasteiger partial charge on any atom is 0.290 e.